The fourth-order valence-corrected chi connectivity index (χ4v) is 8.69. The van der Waals surface area contributed by atoms with E-state index in [2.05, 4.69) is 0 Å². The van der Waals surface area contributed by atoms with Gasteiger partial charge in [0.15, 0.2) is 0 Å². The molecule has 4 aromatic carbocycles. The van der Waals surface area contributed by atoms with Gasteiger partial charge in [-0.15, -0.1) is 0 Å². The lowest BCUT2D eigenvalue weighted by molar-refractivity contribution is -0.254. The van der Waals surface area contributed by atoms with E-state index >= 15 is 35.1 Å². The average Bonchev–Trinajstić information content (AvgIpc) is 3.96. The van der Waals surface area contributed by atoms with Crippen molar-refractivity contribution in [3.05, 3.63) is 142 Å². The van der Waals surface area contributed by atoms with Gasteiger partial charge in [-0.1, -0.05) is 72.8 Å². The molecule has 4 heterocycles. The summed E-state index contributed by atoms with van der Waals surface area (Å²) in [4.78, 5) is 0. The summed E-state index contributed by atoms with van der Waals surface area (Å²) in [5.74, 6) is -32.6. The fraction of sp³-hybridized carbons (Fsp3) is 0.217. The number of hydrogen-bond acceptors (Lipinski definition) is 4. The molecule has 0 unspecified atom stereocenters. The van der Waals surface area contributed by atoms with Crippen LogP contribution in [0.15, 0.2) is 115 Å². The van der Waals surface area contributed by atoms with Gasteiger partial charge in [0, 0.05) is 66.1 Å². The molecule has 0 saturated heterocycles. The first-order valence-corrected chi connectivity index (χ1v) is 18.7. The first-order valence-electron chi connectivity index (χ1n) is 18.7. The number of aryl methyl sites for hydroxylation is 4. The first-order chi connectivity index (χ1) is 29.0. The third kappa shape index (κ3) is 5.17. The van der Waals surface area contributed by atoms with Crippen LogP contribution in [0.2, 0.25) is 0 Å². The lowest BCUT2D eigenvalue weighted by atomic mass is 9.91. The Labute approximate surface area is 341 Å². The van der Waals surface area contributed by atoms with Gasteiger partial charge in [-0.3, -0.25) is 0 Å². The lowest BCUT2D eigenvalue weighted by Crippen LogP contribution is -2.49. The molecule has 10 rings (SSSR count). The maximum absolute atomic E-state index is 15.2. The molecule has 62 heavy (non-hydrogen) atoms. The van der Waals surface area contributed by atoms with Crippen molar-refractivity contribution in [3.63, 3.8) is 0 Å². The largest absolute Gasteiger partial charge is 0.461 e. The Bertz CT molecular complexity index is 2790. The van der Waals surface area contributed by atoms with Gasteiger partial charge >= 0.3 is 35.5 Å². The van der Waals surface area contributed by atoms with Crippen LogP contribution in [0, 0.1) is 27.7 Å². The van der Waals surface area contributed by atoms with Crippen molar-refractivity contribution in [1.82, 2.24) is 0 Å². The molecule has 0 amide bonds. The second kappa shape index (κ2) is 13.1. The highest BCUT2D eigenvalue weighted by Gasteiger charge is 2.82. The van der Waals surface area contributed by atoms with Crippen LogP contribution in [0.5, 0.6) is 0 Å². The number of fused-ring (bicyclic) bond motifs is 4. The molecule has 8 aromatic rings. The van der Waals surface area contributed by atoms with E-state index in [1.807, 2.05) is 0 Å². The Morgan fingerprint density at radius 3 is 0.661 bits per heavy atom. The molecule has 0 saturated carbocycles. The predicted octanol–water partition coefficient (Wildman–Crippen LogP) is 15.3. The van der Waals surface area contributed by atoms with Gasteiger partial charge in [-0.05, 0) is 52.0 Å². The Morgan fingerprint density at radius 1 is 0.290 bits per heavy atom. The third-order valence-corrected chi connectivity index (χ3v) is 11.4. The van der Waals surface area contributed by atoms with E-state index < -0.39 is 80.1 Å². The third-order valence-electron chi connectivity index (χ3n) is 11.4. The Hall–Kier alpha value is -6.32. The van der Waals surface area contributed by atoms with Crippen molar-refractivity contribution >= 4 is 66.2 Å². The Morgan fingerprint density at radius 2 is 0.468 bits per heavy atom. The highest BCUT2D eigenvalue weighted by Crippen LogP contribution is 2.68. The normalized spacial score (nSPS) is 19.6. The van der Waals surface area contributed by atoms with Crippen LogP contribution < -0.4 is 0 Å². The van der Waals surface area contributed by atoms with Gasteiger partial charge in [0.2, 0.25) is 0 Å². The summed E-state index contributed by atoms with van der Waals surface area (Å²) in [7, 11) is 0. The summed E-state index contributed by atoms with van der Waals surface area (Å²) < 4.78 is 202. The Kier molecular flexibility index (Phi) is 8.67. The van der Waals surface area contributed by atoms with Crippen molar-refractivity contribution in [1.29, 1.82) is 0 Å². The van der Waals surface area contributed by atoms with Crippen LogP contribution >= 0.6 is 0 Å². The van der Waals surface area contributed by atoms with Crippen molar-refractivity contribution in [2.75, 3.05) is 0 Å². The average molecular weight is 873 g/mol. The van der Waals surface area contributed by atoms with Gasteiger partial charge in [0.1, 0.15) is 45.4 Å². The summed E-state index contributed by atoms with van der Waals surface area (Å²) in [6.45, 7) is 5.13. The van der Waals surface area contributed by atoms with Gasteiger partial charge in [-0.25, -0.2) is 0 Å². The minimum absolute atomic E-state index is 0.0473. The number of rotatable bonds is 4. The highest BCUT2D eigenvalue weighted by molar-refractivity contribution is 6.13. The van der Waals surface area contributed by atoms with Crippen molar-refractivity contribution in [3.8, 4) is 0 Å². The van der Waals surface area contributed by atoms with Gasteiger partial charge in [0.25, 0.3) is 0 Å². The summed E-state index contributed by atoms with van der Waals surface area (Å²) >= 11 is 0. The van der Waals surface area contributed by atoms with Crippen LogP contribution in [0.4, 0.5) is 52.7 Å². The number of alkyl halides is 12. The van der Waals surface area contributed by atoms with Crippen LogP contribution in [0.3, 0.4) is 0 Å². The van der Waals surface area contributed by atoms with E-state index in [-0.39, 0.29) is 66.9 Å². The van der Waals surface area contributed by atoms with Gasteiger partial charge in [0.05, 0.1) is 0 Å². The topological polar surface area (TPSA) is 52.6 Å². The van der Waals surface area contributed by atoms with E-state index in [0.29, 0.717) is 0 Å². The van der Waals surface area contributed by atoms with Crippen molar-refractivity contribution in [2.24, 2.45) is 0 Å². The Balaban J connectivity index is 0.000000158. The van der Waals surface area contributed by atoms with Crippen molar-refractivity contribution < 1.29 is 70.4 Å². The molecule has 0 fully saturated rings. The zero-order chi connectivity index (χ0) is 44.7. The lowest BCUT2D eigenvalue weighted by Gasteiger charge is -2.25. The molecule has 4 aromatic heterocycles. The molecule has 0 aliphatic heterocycles. The van der Waals surface area contributed by atoms with Crippen LogP contribution in [-0.4, -0.2) is 35.5 Å². The predicted molar refractivity (Wildman–Crippen MR) is 207 cm³/mol. The smallest absolute Gasteiger partial charge is 0.380 e. The number of para-hydroxylation sites is 4. The molecule has 4 nitrogen and oxygen atoms in total. The van der Waals surface area contributed by atoms with Crippen LogP contribution in [0.1, 0.15) is 45.3 Å². The quantitative estimate of drug-likeness (QED) is 0.165. The molecule has 0 atom stereocenters. The molecule has 0 N–H and O–H groups in total. The minimum Gasteiger partial charge on any atom is -0.461 e. The molecule has 16 heteroatoms. The standard InChI is InChI=1S/2C23H14F6O2/c2*1-11-17(13-7-3-5-9-15(13)30-11)19-20(22(26,27)23(28,29)21(19,24)25)18-12(2)31-16-10-6-4-8-14(16)18/h2*3-10H,1-2H3. The number of furan rings is 4. The van der Waals surface area contributed by atoms with E-state index in [0.717, 1.165) is 0 Å². The molecule has 0 spiro atoms. The number of benzene rings is 4. The summed E-state index contributed by atoms with van der Waals surface area (Å²) in [6, 6.07) is 23.5. The van der Waals surface area contributed by atoms with E-state index in [9.17, 15) is 17.6 Å². The molecular weight excluding hydrogens is 844 g/mol. The number of hydrogen-bond donors (Lipinski definition) is 0. The van der Waals surface area contributed by atoms with Crippen LogP contribution in [0.25, 0.3) is 66.2 Å². The highest BCUT2D eigenvalue weighted by atomic mass is 19.4. The van der Waals surface area contributed by atoms with E-state index in [4.69, 9.17) is 17.7 Å². The van der Waals surface area contributed by atoms with E-state index in [1.165, 1.54) is 100 Å². The zero-order valence-corrected chi connectivity index (χ0v) is 32.4. The SMILES string of the molecule is Cc1oc2ccccc2c1C1=C(c2c(C)oc3ccccc23)C(F)(F)C(F)(F)C1(F)F.Cc1oc2ccccc2c1C1=C(c2c(C)oc3ccccc23)C(F)(F)C(F)(F)C1(F)F. The molecule has 320 valence electrons. The minimum atomic E-state index is -5.65. The second-order valence-electron chi connectivity index (χ2n) is 15.1. The molecular formula is C46H28F12O4. The second-order valence-corrected chi connectivity index (χ2v) is 15.1. The monoisotopic (exact) mass is 872 g/mol. The zero-order valence-electron chi connectivity index (χ0n) is 32.4. The fourth-order valence-electron chi connectivity index (χ4n) is 8.69. The maximum Gasteiger partial charge on any atom is 0.380 e. The number of halogens is 12. The molecule has 2 aliphatic rings. The van der Waals surface area contributed by atoms with Gasteiger partial charge < -0.3 is 17.7 Å². The first kappa shape index (κ1) is 41.1. The maximum atomic E-state index is 15.2. The van der Waals surface area contributed by atoms with Crippen LogP contribution in [-0.2, 0) is 0 Å². The van der Waals surface area contributed by atoms with Gasteiger partial charge in [-0.2, -0.15) is 52.7 Å². The molecule has 0 bridgehead atoms. The summed E-state index contributed by atoms with van der Waals surface area (Å²) in [5, 5.41) is 0.189. The molecule has 0 radical (unpaired) electrons. The van der Waals surface area contributed by atoms with Crippen molar-refractivity contribution in [2.45, 2.75) is 63.2 Å². The summed E-state index contributed by atoms with van der Waals surface area (Å²) in [5.41, 5.74) is -7.10. The number of allylic oxidation sites excluding steroid dienone is 4. The molecule has 2 aliphatic carbocycles. The summed E-state index contributed by atoms with van der Waals surface area (Å²) in [6.07, 6.45) is 0. The van der Waals surface area contributed by atoms with E-state index in [1.54, 1.807) is 24.3 Å².